The lowest BCUT2D eigenvalue weighted by molar-refractivity contribution is -0.114. The lowest BCUT2D eigenvalue weighted by atomic mass is 10.00. The van der Waals surface area contributed by atoms with Crippen LogP contribution in [0.1, 0.15) is 25.3 Å². The predicted molar refractivity (Wildman–Crippen MR) is 109 cm³/mol. The van der Waals surface area contributed by atoms with Crippen molar-refractivity contribution in [2.24, 2.45) is 16.6 Å². The van der Waals surface area contributed by atoms with E-state index in [2.05, 4.69) is 38.1 Å². The van der Waals surface area contributed by atoms with Gasteiger partial charge in [0, 0.05) is 23.2 Å². The zero-order chi connectivity index (χ0) is 16.1. The third-order valence-electron chi connectivity index (χ3n) is 3.97. The van der Waals surface area contributed by atoms with Crippen LogP contribution >= 0.6 is 39.9 Å². The van der Waals surface area contributed by atoms with Crippen molar-refractivity contribution in [3.05, 3.63) is 28.2 Å². The molecule has 0 radical (unpaired) electrons. The number of nitrogens with zero attached hydrogens (tertiary/aromatic N) is 2. The van der Waals surface area contributed by atoms with E-state index in [-0.39, 0.29) is 36.4 Å². The molecule has 0 aromatic heterocycles. The fourth-order valence-electron chi connectivity index (χ4n) is 2.41. The lowest BCUT2D eigenvalue weighted by Gasteiger charge is -2.30. The second kappa shape index (κ2) is 9.46. The average Bonchev–Trinajstić information content (AvgIpc) is 2.49. The van der Waals surface area contributed by atoms with E-state index in [1.54, 1.807) is 0 Å². The van der Waals surface area contributed by atoms with Crippen LogP contribution in [0, 0.1) is 12.8 Å². The van der Waals surface area contributed by atoms with Crippen molar-refractivity contribution in [2.75, 3.05) is 25.0 Å². The maximum absolute atomic E-state index is 12.0. The van der Waals surface area contributed by atoms with E-state index in [4.69, 9.17) is 5.73 Å². The van der Waals surface area contributed by atoms with E-state index in [0.29, 0.717) is 5.96 Å². The van der Waals surface area contributed by atoms with Crippen LogP contribution in [0.2, 0.25) is 0 Å². The molecule has 23 heavy (non-hydrogen) atoms. The van der Waals surface area contributed by atoms with Crippen LogP contribution in [0.3, 0.4) is 0 Å². The second-order valence-corrected chi connectivity index (χ2v) is 6.77. The minimum absolute atomic E-state index is 0. The fraction of sp³-hybridized carbons (Fsp3) is 0.500. The first-order valence-electron chi connectivity index (χ1n) is 7.56. The van der Waals surface area contributed by atoms with Crippen LogP contribution in [0.4, 0.5) is 5.69 Å². The molecule has 0 bridgehead atoms. The highest BCUT2D eigenvalue weighted by molar-refractivity contribution is 14.0. The molecule has 0 atom stereocenters. The number of piperidine rings is 1. The van der Waals surface area contributed by atoms with Gasteiger partial charge in [-0.3, -0.25) is 4.79 Å². The Morgan fingerprint density at radius 3 is 2.74 bits per heavy atom. The number of rotatable bonds is 3. The van der Waals surface area contributed by atoms with E-state index in [1.165, 1.54) is 0 Å². The zero-order valence-corrected chi connectivity index (χ0v) is 17.4. The first-order valence-corrected chi connectivity index (χ1v) is 8.36. The highest BCUT2D eigenvalue weighted by Crippen LogP contribution is 2.20. The van der Waals surface area contributed by atoms with Gasteiger partial charge in [0.25, 0.3) is 0 Å². The first kappa shape index (κ1) is 20.2. The summed E-state index contributed by atoms with van der Waals surface area (Å²) in [5, 5.41) is 2.87. The van der Waals surface area contributed by atoms with Crippen molar-refractivity contribution in [3.8, 4) is 0 Å². The number of halogens is 2. The Kier molecular flexibility index (Phi) is 8.32. The van der Waals surface area contributed by atoms with Crippen LogP contribution in [0.25, 0.3) is 0 Å². The van der Waals surface area contributed by atoms with Crippen LogP contribution < -0.4 is 11.1 Å². The van der Waals surface area contributed by atoms with Crippen molar-refractivity contribution in [1.82, 2.24) is 4.90 Å². The number of nitrogens with two attached hydrogens (primary N) is 1. The monoisotopic (exact) mass is 494 g/mol. The summed E-state index contributed by atoms with van der Waals surface area (Å²) < 4.78 is 0.929. The van der Waals surface area contributed by atoms with Gasteiger partial charge in [0.1, 0.15) is 6.54 Å². The molecule has 1 aliphatic rings. The number of carbonyl (C=O) groups excluding carboxylic acids is 1. The molecule has 1 fully saturated rings. The van der Waals surface area contributed by atoms with E-state index in [1.807, 2.05) is 25.1 Å². The minimum atomic E-state index is -0.158. The summed E-state index contributed by atoms with van der Waals surface area (Å²) in [5.41, 5.74) is 7.78. The van der Waals surface area contributed by atoms with Gasteiger partial charge < -0.3 is 16.0 Å². The number of nitrogens with one attached hydrogen (secondary N) is 1. The number of aryl methyl sites for hydroxylation is 1. The molecule has 0 unspecified atom stereocenters. The van der Waals surface area contributed by atoms with Gasteiger partial charge in [0.2, 0.25) is 5.91 Å². The third-order valence-corrected chi connectivity index (χ3v) is 4.46. The number of guanidine groups is 1. The Labute approximate surface area is 163 Å². The standard InChI is InChI=1S/C16H23BrN4O.HI/c1-11-5-7-21(8-6-11)16(18)19-10-15(22)20-14-9-13(17)4-3-12(14)2;/h3-4,9,11H,5-8,10H2,1-2H3,(H2,18,19)(H,20,22);1H. The van der Waals surface area contributed by atoms with Gasteiger partial charge in [-0.1, -0.05) is 28.9 Å². The summed E-state index contributed by atoms with van der Waals surface area (Å²) in [6, 6.07) is 5.77. The topological polar surface area (TPSA) is 70.7 Å². The average molecular weight is 495 g/mol. The molecular weight excluding hydrogens is 471 g/mol. The Morgan fingerprint density at radius 1 is 1.43 bits per heavy atom. The molecule has 128 valence electrons. The van der Waals surface area contributed by atoms with Gasteiger partial charge in [0.05, 0.1) is 0 Å². The maximum atomic E-state index is 12.0. The summed E-state index contributed by atoms with van der Waals surface area (Å²) >= 11 is 3.40. The van der Waals surface area contributed by atoms with Crippen molar-refractivity contribution in [1.29, 1.82) is 0 Å². The summed E-state index contributed by atoms with van der Waals surface area (Å²) in [4.78, 5) is 18.3. The minimum Gasteiger partial charge on any atom is -0.370 e. The number of hydrogen-bond acceptors (Lipinski definition) is 2. The second-order valence-electron chi connectivity index (χ2n) is 5.85. The summed E-state index contributed by atoms with van der Waals surface area (Å²) in [7, 11) is 0. The molecule has 1 aromatic rings. The SMILES string of the molecule is Cc1ccc(Br)cc1NC(=O)CN=C(N)N1CCC(C)CC1.I. The molecule has 1 aliphatic heterocycles. The van der Waals surface area contributed by atoms with Crippen molar-refractivity contribution in [3.63, 3.8) is 0 Å². The number of hydrogen-bond donors (Lipinski definition) is 2. The van der Waals surface area contributed by atoms with Crippen molar-refractivity contribution < 1.29 is 4.79 Å². The molecule has 1 saturated heterocycles. The third kappa shape index (κ3) is 6.29. The van der Waals surface area contributed by atoms with Gasteiger partial charge >= 0.3 is 0 Å². The summed E-state index contributed by atoms with van der Waals surface area (Å²) in [5.74, 6) is 1.05. The molecule has 2 rings (SSSR count). The first-order chi connectivity index (χ1) is 10.5. The number of aliphatic imine (C=N–C) groups is 1. The van der Waals surface area contributed by atoms with Crippen LogP contribution in [-0.2, 0) is 4.79 Å². The lowest BCUT2D eigenvalue weighted by Crippen LogP contribution is -2.42. The highest BCUT2D eigenvalue weighted by atomic mass is 127. The molecule has 1 heterocycles. The molecule has 3 N–H and O–H groups in total. The fourth-order valence-corrected chi connectivity index (χ4v) is 2.77. The smallest absolute Gasteiger partial charge is 0.246 e. The quantitative estimate of drug-likeness (QED) is 0.384. The van der Waals surface area contributed by atoms with E-state index >= 15 is 0 Å². The van der Waals surface area contributed by atoms with Gasteiger partial charge in [-0.15, -0.1) is 24.0 Å². The Hall–Kier alpha value is -0.830. The molecule has 7 heteroatoms. The Balaban J connectivity index is 0.00000264. The normalized spacial score (nSPS) is 16.0. The molecule has 0 aliphatic carbocycles. The zero-order valence-electron chi connectivity index (χ0n) is 13.5. The van der Waals surface area contributed by atoms with Crippen molar-refractivity contribution in [2.45, 2.75) is 26.7 Å². The Bertz CT molecular complexity index is 571. The molecule has 0 spiro atoms. The number of likely N-dealkylation sites (tertiary alicyclic amines) is 1. The highest BCUT2D eigenvalue weighted by Gasteiger charge is 2.17. The number of amides is 1. The van der Waals surface area contributed by atoms with Crippen LogP contribution in [0.15, 0.2) is 27.7 Å². The molecule has 1 aromatic carbocycles. The summed E-state index contributed by atoms with van der Waals surface area (Å²) in [6.07, 6.45) is 2.25. The number of anilines is 1. The van der Waals surface area contributed by atoms with E-state index < -0.39 is 0 Å². The van der Waals surface area contributed by atoms with Gasteiger partial charge in [-0.25, -0.2) is 4.99 Å². The van der Waals surface area contributed by atoms with E-state index in [9.17, 15) is 4.79 Å². The van der Waals surface area contributed by atoms with Gasteiger partial charge in [0.15, 0.2) is 5.96 Å². The van der Waals surface area contributed by atoms with Gasteiger partial charge in [-0.05, 0) is 43.4 Å². The van der Waals surface area contributed by atoms with Crippen LogP contribution in [0.5, 0.6) is 0 Å². The number of carbonyl (C=O) groups is 1. The molecule has 0 saturated carbocycles. The molecule has 5 nitrogen and oxygen atoms in total. The predicted octanol–water partition coefficient (Wildman–Crippen LogP) is 3.36. The van der Waals surface area contributed by atoms with E-state index in [0.717, 1.165) is 47.6 Å². The largest absolute Gasteiger partial charge is 0.370 e. The maximum Gasteiger partial charge on any atom is 0.246 e. The summed E-state index contributed by atoms with van der Waals surface area (Å²) in [6.45, 7) is 6.09. The van der Waals surface area contributed by atoms with Crippen molar-refractivity contribution >= 4 is 57.5 Å². The van der Waals surface area contributed by atoms with Gasteiger partial charge in [-0.2, -0.15) is 0 Å². The molecule has 1 amide bonds. The Morgan fingerprint density at radius 2 is 2.09 bits per heavy atom. The van der Waals surface area contributed by atoms with Crippen LogP contribution in [-0.4, -0.2) is 36.4 Å². The number of benzene rings is 1. The molecular formula is C16H24BrIN4O.